The maximum absolute atomic E-state index is 12.3. The topological polar surface area (TPSA) is 64.3 Å². The highest BCUT2D eigenvalue weighted by Crippen LogP contribution is 2.47. The molecule has 1 aromatic carbocycles. The Bertz CT molecular complexity index is 515. The zero-order valence-corrected chi connectivity index (χ0v) is 12.5. The van der Waals surface area contributed by atoms with Crippen LogP contribution in [0.3, 0.4) is 0 Å². The lowest BCUT2D eigenvalue weighted by Crippen LogP contribution is -2.46. The van der Waals surface area contributed by atoms with Crippen LogP contribution in [0.1, 0.15) is 24.8 Å². The van der Waals surface area contributed by atoms with Gasteiger partial charge in [0, 0.05) is 6.04 Å². The van der Waals surface area contributed by atoms with Gasteiger partial charge in [0.05, 0.1) is 12.5 Å². The maximum Gasteiger partial charge on any atom is 0.225 e. The van der Waals surface area contributed by atoms with Gasteiger partial charge in [-0.25, -0.2) is 0 Å². The van der Waals surface area contributed by atoms with Crippen molar-refractivity contribution in [2.75, 3.05) is 13.2 Å². The van der Waals surface area contributed by atoms with Crippen molar-refractivity contribution in [3.8, 4) is 5.75 Å². The summed E-state index contributed by atoms with van der Waals surface area (Å²) in [6.45, 7) is 3.04. The summed E-state index contributed by atoms with van der Waals surface area (Å²) in [7, 11) is 0. The number of para-hydroxylation sites is 1. The van der Waals surface area contributed by atoms with E-state index in [1.54, 1.807) is 0 Å². The van der Waals surface area contributed by atoms with Crippen LogP contribution in [0.25, 0.3) is 0 Å². The molecule has 21 heavy (non-hydrogen) atoms. The number of carbonyl (C=O) groups is 1. The second-order valence-electron chi connectivity index (χ2n) is 6.34. The van der Waals surface area contributed by atoms with Gasteiger partial charge in [0.15, 0.2) is 0 Å². The summed E-state index contributed by atoms with van der Waals surface area (Å²) in [5.74, 6) is 2.07. The van der Waals surface area contributed by atoms with E-state index >= 15 is 0 Å². The fourth-order valence-electron chi connectivity index (χ4n) is 3.90. The van der Waals surface area contributed by atoms with E-state index in [-0.39, 0.29) is 17.9 Å². The van der Waals surface area contributed by atoms with E-state index in [9.17, 15) is 4.79 Å². The number of carbonyl (C=O) groups excluding carboxylic acids is 1. The fraction of sp³-hybridized carbons (Fsp3) is 0.588. The third-order valence-electron chi connectivity index (χ3n) is 5.04. The van der Waals surface area contributed by atoms with Crippen LogP contribution in [0, 0.1) is 24.7 Å². The summed E-state index contributed by atoms with van der Waals surface area (Å²) in [6.07, 6.45) is 3.50. The number of rotatable bonds is 5. The lowest BCUT2D eigenvalue weighted by Gasteiger charge is -2.27. The number of hydrogen-bond acceptors (Lipinski definition) is 3. The molecule has 2 aliphatic rings. The van der Waals surface area contributed by atoms with Gasteiger partial charge in [-0.05, 0) is 49.7 Å². The van der Waals surface area contributed by atoms with Gasteiger partial charge in [-0.2, -0.15) is 0 Å². The van der Waals surface area contributed by atoms with Crippen LogP contribution in [0.15, 0.2) is 24.3 Å². The molecule has 4 heteroatoms. The highest BCUT2D eigenvalue weighted by Gasteiger charge is 2.48. The predicted octanol–water partition coefficient (Wildman–Crippen LogP) is 1.86. The number of hydrogen-bond donors (Lipinski definition) is 2. The summed E-state index contributed by atoms with van der Waals surface area (Å²) in [6, 6.07) is 7.96. The second kappa shape index (κ2) is 6.06. The van der Waals surface area contributed by atoms with Gasteiger partial charge in [0.2, 0.25) is 5.91 Å². The summed E-state index contributed by atoms with van der Waals surface area (Å²) < 4.78 is 5.69. The first-order chi connectivity index (χ1) is 10.2. The molecule has 2 bridgehead atoms. The van der Waals surface area contributed by atoms with Gasteiger partial charge >= 0.3 is 0 Å². The molecule has 4 nitrogen and oxygen atoms in total. The molecule has 0 spiro atoms. The zero-order valence-electron chi connectivity index (χ0n) is 12.5. The van der Waals surface area contributed by atoms with Crippen LogP contribution in [-0.4, -0.2) is 25.1 Å². The van der Waals surface area contributed by atoms with Crippen molar-refractivity contribution < 1.29 is 9.53 Å². The van der Waals surface area contributed by atoms with Crippen molar-refractivity contribution in [3.05, 3.63) is 29.8 Å². The second-order valence-corrected chi connectivity index (χ2v) is 6.34. The first-order valence-corrected chi connectivity index (χ1v) is 7.88. The van der Waals surface area contributed by atoms with Crippen LogP contribution in [0.5, 0.6) is 5.75 Å². The summed E-state index contributed by atoms with van der Waals surface area (Å²) in [5.41, 5.74) is 7.30. The largest absolute Gasteiger partial charge is 0.491 e. The Balaban J connectivity index is 1.44. The number of aryl methyl sites for hydroxylation is 1. The molecule has 1 aromatic rings. The van der Waals surface area contributed by atoms with E-state index in [1.807, 2.05) is 31.2 Å². The van der Waals surface area contributed by atoms with Gasteiger partial charge in [0.25, 0.3) is 0 Å². The normalized spacial score (nSPS) is 30.4. The van der Waals surface area contributed by atoms with E-state index in [0.29, 0.717) is 25.0 Å². The van der Waals surface area contributed by atoms with Crippen molar-refractivity contribution in [2.24, 2.45) is 23.5 Å². The number of ether oxygens (including phenoxy) is 1. The molecule has 4 unspecified atom stereocenters. The number of fused-ring (bicyclic) bond motifs is 2. The highest BCUT2D eigenvalue weighted by molar-refractivity contribution is 5.80. The van der Waals surface area contributed by atoms with E-state index < -0.39 is 0 Å². The minimum Gasteiger partial charge on any atom is -0.491 e. The molecular formula is C17H24N2O2. The molecule has 0 aliphatic heterocycles. The lowest BCUT2D eigenvalue weighted by molar-refractivity contribution is -0.127. The molecule has 0 radical (unpaired) electrons. The third kappa shape index (κ3) is 2.91. The molecule has 4 atom stereocenters. The van der Waals surface area contributed by atoms with Gasteiger partial charge in [-0.3, -0.25) is 4.79 Å². The number of nitrogens with two attached hydrogens (primary N) is 1. The smallest absolute Gasteiger partial charge is 0.225 e. The first-order valence-electron chi connectivity index (χ1n) is 7.88. The van der Waals surface area contributed by atoms with E-state index in [2.05, 4.69) is 5.32 Å². The molecule has 0 heterocycles. The molecule has 3 rings (SSSR count). The molecule has 3 N–H and O–H groups in total. The molecule has 114 valence electrons. The molecule has 2 aliphatic carbocycles. The standard InChI is InChI=1S/C17H24N2O2/c1-11-4-2-3-5-14(11)21-9-8-19-17(20)15-12-6-7-13(10-12)16(15)18/h2-5,12-13,15-16H,6-10,18H2,1H3,(H,19,20). The van der Waals surface area contributed by atoms with Crippen LogP contribution >= 0.6 is 0 Å². The van der Waals surface area contributed by atoms with Crippen LogP contribution in [0.4, 0.5) is 0 Å². The molecule has 2 fully saturated rings. The maximum atomic E-state index is 12.3. The average Bonchev–Trinajstić information content (AvgIpc) is 3.06. The lowest BCUT2D eigenvalue weighted by atomic mass is 9.84. The predicted molar refractivity (Wildman–Crippen MR) is 82.0 cm³/mol. The van der Waals surface area contributed by atoms with E-state index in [0.717, 1.165) is 24.2 Å². The van der Waals surface area contributed by atoms with Crippen LogP contribution in [-0.2, 0) is 4.79 Å². The Morgan fingerprint density at radius 1 is 1.33 bits per heavy atom. The van der Waals surface area contributed by atoms with Crippen molar-refractivity contribution in [3.63, 3.8) is 0 Å². The summed E-state index contributed by atoms with van der Waals surface area (Å²) >= 11 is 0. The Hall–Kier alpha value is -1.55. The van der Waals surface area contributed by atoms with Crippen molar-refractivity contribution in [1.29, 1.82) is 0 Å². The highest BCUT2D eigenvalue weighted by atomic mass is 16.5. The van der Waals surface area contributed by atoms with Crippen molar-refractivity contribution in [2.45, 2.75) is 32.2 Å². The molecule has 2 saturated carbocycles. The van der Waals surface area contributed by atoms with Crippen molar-refractivity contribution in [1.82, 2.24) is 5.32 Å². The Morgan fingerprint density at radius 3 is 2.81 bits per heavy atom. The Labute approximate surface area is 126 Å². The van der Waals surface area contributed by atoms with Crippen LogP contribution in [0.2, 0.25) is 0 Å². The quantitative estimate of drug-likeness (QED) is 0.813. The zero-order chi connectivity index (χ0) is 14.8. The number of nitrogens with one attached hydrogen (secondary N) is 1. The summed E-state index contributed by atoms with van der Waals surface area (Å²) in [4.78, 5) is 12.3. The minimum atomic E-state index is 0.0159. The fourth-order valence-corrected chi connectivity index (χ4v) is 3.90. The van der Waals surface area contributed by atoms with Gasteiger partial charge in [0.1, 0.15) is 12.4 Å². The molecule has 1 amide bonds. The Kier molecular flexibility index (Phi) is 4.15. The van der Waals surface area contributed by atoms with Gasteiger partial charge in [-0.1, -0.05) is 18.2 Å². The van der Waals surface area contributed by atoms with Gasteiger partial charge in [-0.15, -0.1) is 0 Å². The minimum absolute atomic E-state index is 0.0159. The third-order valence-corrected chi connectivity index (χ3v) is 5.04. The van der Waals surface area contributed by atoms with Crippen molar-refractivity contribution >= 4 is 5.91 Å². The average molecular weight is 288 g/mol. The first kappa shape index (κ1) is 14.4. The molecule has 0 aromatic heterocycles. The molecular weight excluding hydrogens is 264 g/mol. The van der Waals surface area contributed by atoms with Gasteiger partial charge < -0.3 is 15.8 Å². The monoisotopic (exact) mass is 288 g/mol. The SMILES string of the molecule is Cc1ccccc1OCCNC(=O)C1C2CCC(C2)C1N. The van der Waals surface area contributed by atoms with E-state index in [1.165, 1.54) is 6.42 Å². The van der Waals surface area contributed by atoms with Crippen LogP contribution < -0.4 is 15.8 Å². The Morgan fingerprint density at radius 2 is 2.10 bits per heavy atom. The number of amides is 1. The van der Waals surface area contributed by atoms with E-state index in [4.69, 9.17) is 10.5 Å². The number of benzene rings is 1. The summed E-state index contributed by atoms with van der Waals surface area (Å²) in [5, 5.41) is 2.99. The molecule has 0 saturated heterocycles.